The molecule has 0 radical (unpaired) electrons. The molecule has 3 heterocycles. The van der Waals surface area contributed by atoms with Crippen LogP contribution >= 0.6 is 22.9 Å². The summed E-state index contributed by atoms with van der Waals surface area (Å²) in [6.07, 6.45) is 3.49. The Morgan fingerprint density at radius 2 is 1.78 bits per heavy atom. The van der Waals surface area contributed by atoms with Crippen LogP contribution < -0.4 is 24.4 Å². The molecule has 1 aliphatic heterocycles. The Labute approximate surface area is 245 Å². The molecule has 6 nitrogen and oxygen atoms in total. The van der Waals surface area contributed by atoms with Crippen molar-refractivity contribution < 1.29 is 13.9 Å². The van der Waals surface area contributed by atoms with Gasteiger partial charge in [0, 0.05) is 22.2 Å². The minimum atomic E-state index is -0.321. The second-order valence-electron chi connectivity index (χ2n) is 9.94. The molecule has 8 heteroatoms. The van der Waals surface area contributed by atoms with Crippen LogP contribution in [0.4, 0.5) is 0 Å². The number of furan rings is 1. The van der Waals surface area contributed by atoms with Gasteiger partial charge in [-0.3, -0.25) is 9.36 Å². The lowest BCUT2D eigenvalue weighted by molar-refractivity contribution is 0.354. The molecule has 2 aromatic heterocycles. The Morgan fingerprint density at radius 3 is 2.59 bits per heavy atom. The average Bonchev–Trinajstić information content (AvgIpc) is 3.60. The summed E-state index contributed by atoms with van der Waals surface area (Å²) in [6, 6.07) is 25.1. The molecule has 5 aromatic rings. The number of thiazole rings is 1. The van der Waals surface area contributed by atoms with Gasteiger partial charge < -0.3 is 13.9 Å². The van der Waals surface area contributed by atoms with E-state index in [2.05, 4.69) is 18.2 Å². The number of fused-ring (bicyclic) bond motifs is 3. The Morgan fingerprint density at radius 1 is 0.976 bits per heavy atom. The molecule has 0 saturated heterocycles. The number of hydrogen-bond donors (Lipinski definition) is 0. The van der Waals surface area contributed by atoms with Crippen molar-refractivity contribution in [2.45, 2.75) is 18.9 Å². The van der Waals surface area contributed by atoms with Crippen molar-refractivity contribution in [2.24, 2.45) is 4.99 Å². The number of ether oxygens (including phenoxy) is 2. The van der Waals surface area contributed by atoms with Gasteiger partial charge in [0.25, 0.3) is 5.56 Å². The quantitative estimate of drug-likeness (QED) is 0.246. The molecule has 2 aliphatic rings. The van der Waals surface area contributed by atoms with Gasteiger partial charge in [0.1, 0.15) is 11.5 Å². The first-order chi connectivity index (χ1) is 20.0. The molecule has 7 rings (SSSR count). The van der Waals surface area contributed by atoms with E-state index in [-0.39, 0.29) is 11.6 Å². The number of benzene rings is 3. The molecule has 0 unspecified atom stereocenters. The van der Waals surface area contributed by atoms with Gasteiger partial charge in [0.2, 0.25) is 0 Å². The molecular formula is C33H25ClN2O4S. The summed E-state index contributed by atoms with van der Waals surface area (Å²) in [5.41, 5.74) is 6.21. The summed E-state index contributed by atoms with van der Waals surface area (Å²) in [6.45, 7) is 0. The van der Waals surface area contributed by atoms with Crippen LogP contribution in [0.25, 0.3) is 23.1 Å². The highest BCUT2D eigenvalue weighted by atomic mass is 35.5. The van der Waals surface area contributed by atoms with Gasteiger partial charge in [0.15, 0.2) is 16.3 Å². The number of methoxy groups -OCH3 is 2. The fourth-order valence-electron chi connectivity index (χ4n) is 5.67. The summed E-state index contributed by atoms with van der Waals surface area (Å²) < 4.78 is 19.6. The molecule has 41 heavy (non-hydrogen) atoms. The number of aryl methyl sites for hydroxylation is 1. The van der Waals surface area contributed by atoms with E-state index in [1.807, 2.05) is 65.2 Å². The zero-order chi connectivity index (χ0) is 28.1. The smallest absolute Gasteiger partial charge is 0.271 e. The molecule has 1 aliphatic carbocycles. The maximum Gasteiger partial charge on any atom is 0.271 e. The maximum absolute atomic E-state index is 14.1. The molecule has 1 atom stereocenters. The first-order valence-corrected chi connectivity index (χ1v) is 14.4. The maximum atomic E-state index is 14.1. The van der Waals surface area contributed by atoms with Gasteiger partial charge in [-0.15, -0.1) is 0 Å². The molecule has 0 N–H and O–H groups in total. The van der Waals surface area contributed by atoms with Crippen LogP contribution in [0.5, 0.6) is 11.5 Å². The molecule has 3 aromatic carbocycles. The van der Waals surface area contributed by atoms with Crippen LogP contribution in [0.15, 0.2) is 98.6 Å². The molecule has 0 amide bonds. The van der Waals surface area contributed by atoms with Crippen LogP contribution in [-0.4, -0.2) is 18.8 Å². The molecule has 204 valence electrons. The zero-order valence-corrected chi connectivity index (χ0v) is 24.0. The van der Waals surface area contributed by atoms with Crippen molar-refractivity contribution in [3.8, 4) is 22.8 Å². The summed E-state index contributed by atoms with van der Waals surface area (Å²) in [4.78, 5) is 19.8. The lowest BCUT2D eigenvalue weighted by Gasteiger charge is -2.31. The first kappa shape index (κ1) is 25.6. The third-order valence-electron chi connectivity index (χ3n) is 7.63. The van der Waals surface area contributed by atoms with Crippen molar-refractivity contribution in [1.82, 2.24) is 4.57 Å². The first-order valence-electron chi connectivity index (χ1n) is 13.2. The minimum Gasteiger partial charge on any atom is -0.493 e. The highest BCUT2D eigenvalue weighted by Crippen LogP contribution is 2.42. The third-order valence-corrected chi connectivity index (χ3v) is 8.86. The van der Waals surface area contributed by atoms with Gasteiger partial charge in [-0.05, 0) is 78.1 Å². The summed E-state index contributed by atoms with van der Waals surface area (Å²) in [5.74, 6) is 2.56. The number of allylic oxidation sites excluding steroid dienone is 1. The van der Waals surface area contributed by atoms with Gasteiger partial charge in [-0.1, -0.05) is 53.3 Å². The van der Waals surface area contributed by atoms with Crippen LogP contribution in [0.2, 0.25) is 5.02 Å². The van der Waals surface area contributed by atoms with Gasteiger partial charge in [0.05, 0.1) is 30.5 Å². The van der Waals surface area contributed by atoms with E-state index in [0.29, 0.717) is 37.4 Å². The monoisotopic (exact) mass is 580 g/mol. The predicted octanol–water partition coefficient (Wildman–Crippen LogP) is 6.25. The van der Waals surface area contributed by atoms with Crippen molar-refractivity contribution in [1.29, 1.82) is 0 Å². The van der Waals surface area contributed by atoms with Crippen molar-refractivity contribution in [2.75, 3.05) is 14.2 Å². The molecule has 0 fully saturated rings. The molecular weight excluding hydrogens is 556 g/mol. The highest BCUT2D eigenvalue weighted by Gasteiger charge is 2.33. The lowest BCUT2D eigenvalue weighted by atomic mass is 9.83. The van der Waals surface area contributed by atoms with Crippen molar-refractivity contribution >= 4 is 34.7 Å². The molecule has 0 bridgehead atoms. The van der Waals surface area contributed by atoms with E-state index in [9.17, 15) is 4.79 Å². The minimum absolute atomic E-state index is 0.108. The second-order valence-corrected chi connectivity index (χ2v) is 11.4. The van der Waals surface area contributed by atoms with Crippen molar-refractivity contribution in [3.05, 3.63) is 132 Å². The zero-order valence-electron chi connectivity index (χ0n) is 22.4. The average molecular weight is 581 g/mol. The van der Waals surface area contributed by atoms with Gasteiger partial charge in [-0.25, -0.2) is 4.99 Å². The summed E-state index contributed by atoms with van der Waals surface area (Å²) in [5, 5.41) is 0.663. The Bertz CT molecular complexity index is 2020. The van der Waals surface area contributed by atoms with Gasteiger partial charge >= 0.3 is 0 Å². The van der Waals surface area contributed by atoms with Crippen LogP contribution in [-0.2, 0) is 6.42 Å². The number of nitrogens with zero attached hydrogens (tertiary/aromatic N) is 2. The molecule has 0 spiro atoms. The van der Waals surface area contributed by atoms with E-state index in [1.54, 1.807) is 20.3 Å². The normalized spacial score (nSPS) is 16.1. The summed E-state index contributed by atoms with van der Waals surface area (Å²) >= 11 is 7.41. The number of rotatable bonds is 5. The third kappa shape index (κ3) is 4.42. The topological polar surface area (TPSA) is 66.0 Å². The Kier molecular flexibility index (Phi) is 6.41. The number of hydrogen-bond acceptors (Lipinski definition) is 6. The fraction of sp³-hybridized carbons (Fsp3) is 0.152. The van der Waals surface area contributed by atoms with Gasteiger partial charge in [-0.2, -0.15) is 0 Å². The van der Waals surface area contributed by atoms with E-state index in [4.69, 9.17) is 30.5 Å². The fourth-order valence-corrected chi connectivity index (χ4v) is 6.78. The lowest BCUT2D eigenvalue weighted by Crippen LogP contribution is -2.38. The van der Waals surface area contributed by atoms with Crippen LogP contribution in [0, 0.1) is 0 Å². The number of aromatic nitrogens is 1. The van der Waals surface area contributed by atoms with E-state index < -0.39 is 0 Å². The SMILES string of the molecule is COc1ccc([C@H]2C3=C(N=c4s/c(=C/c5ccc(-c6ccc(Cl)cc6)o5)c(=O)n42)c2ccccc2CC3)cc1OC. The Hall–Kier alpha value is -4.33. The Balaban J connectivity index is 1.40. The van der Waals surface area contributed by atoms with Crippen molar-refractivity contribution in [3.63, 3.8) is 0 Å². The largest absolute Gasteiger partial charge is 0.493 e. The molecule has 0 saturated carbocycles. The van der Waals surface area contributed by atoms with E-state index >= 15 is 0 Å². The highest BCUT2D eigenvalue weighted by molar-refractivity contribution is 7.07. The number of halogens is 1. The van der Waals surface area contributed by atoms with E-state index in [1.165, 1.54) is 16.9 Å². The van der Waals surface area contributed by atoms with Crippen LogP contribution in [0.3, 0.4) is 0 Å². The second kappa shape index (κ2) is 10.3. The standard InChI is InChI=1S/C33H25ClN2O4S/c1-38-27-15-10-21(17-28(27)39-2)31-25-14-9-19-5-3-4-6-24(19)30(25)35-33-36(31)32(37)29(41-33)18-23-13-16-26(40-23)20-7-11-22(34)12-8-20/h3-8,10-13,15-18,31H,9,14H2,1-2H3/b29-18+/t31-/m0/s1. The summed E-state index contributed by atoms with van der Waals surface area (Å²) in [7, 11) is 3.24. The van der Waals surface area contributed by atoms with E-state index in [0.717, 1.165) is 40.8 Å². The van der Waals surface area contributed by atoms with Crippen LogP contribution in [0.1, 0.15) is 34.9 Å². The predicted molar refractivity (Wildman–Crippen MR) is 161 cm³/mol.